The van der Waals surface area contributed by atoms with Gasteiger partial charge in [-0.2, -0.15) is 10.2 Å². The maximum atomic E-state index is 12.3. The van der Waals surface area contributed by atoms with E-state index in [1.807, 2.05) is 56.3 Å². The van der Waals surface area contributed by atoms with Crippen LogP contribution < -0.4 is 16.2 Å². The molecular formula is C19H17N5O2S. The summed E-state index contributed by atoms with van der Waals surface area (Å²) in [7, 11) is 0. The molecule has 2 aliphatic heterocycles. The van der Waals surface area contributed by atoms with E-state index in [0.29, 0.717) is 17.0 Å². The predicted molar refractivity (Wildman–Crippen MR) is 109 cm³/mol. The quantitative estimate of drug-likeness (QED) is 0.713. The van der Waals surface area contributed by atoms with Gasteiger partial charge in [-0.1, -0.05) is 35.5 Å². The highest BCUT2D eigenvalue weighted by Crippen LogP contribution is 2.28. The molecule has 0 fully saturated rings. The van der Waals surface area contributed by atoms with Gasteiger partial charge in [-0.3, -0.25) is 15.0 Å². The van der Waals surface area contributed by atoms with Gasteiger partial charge in [0.25, 0.3) is 11.1 Å². The van der Waals surface area contributed by atoms with Crippen LogP contribution in [0.3, 0.4) is 0 Å². The normalized spacial score (nSPS) is 20.0. The van der Waals surface area contributed by atoms with E-state index in [1.165, 1.54) is 11.8 Å². The Balaban J connectivity index is 1.66. The molecular weight excluding hydrogens is 362 g/mol. The summed E-state index contributed by atoms with van der Waals surface area (Å²) in [6.45, 7) is 3.93. The number of nitrogens with zero attached hydrogens (tertiary/aromatic N) is 2. The van der Waals surface area contributed by atoms with Crippen molar-refractivity contribution in [1.82, 2.24) is 5.43 Å². The van der Waals surface area contributed by atoms with E-state index in [9.17, 15) is 9.59 Å². The van der Waals surface area contributed by atoms with Crippen molar-refractivity contribution in [2.75, 3.05) is 10.7 Å². The minimum Gasteiger partial charge on any atom is -0.320 e. The smallest absolute Gasteiger partial charge is 0.299 e. The summed E-state index contributed by atoms with van der Waals surface area (Å²) in [5, 5.41) is 11.0. The summed E-state index contributed by atoms with van der Waals surface area (Å²) in [6, 6.07) is 13.3. The van der Waals surface area contributed by atoms with E-state index in [4.69, 9.17) is 0 Å². The Bertz CT molecular complexity index is 998. The Labute approximate surface area is 160 Å². The second-order valence-corrected chi connectivity index (χ2v) is 7.62. The number of rotatable bonds is 3. The molecule has 0 radical (unpaired) electrons. The second kappa shape index (κ2) is 6.88. The molecule has 3 N–H and O–H groups in total. The van der Waals surface area contributed by atoms with Crippen molar-refractivity contribution in [3.8, 4) is 0 Å². The molecule has 1 atom stereocenters. The molecule has 7 nitrogen and oxygen atoms in total. The number of hydrogen-bond acceptors (Lipinski definition) is 6. The van der Waals surface area contributed by atoms with Gasteiger partial charge in [-0.05, 0) is 43.7 Å². The number of hydrazone groups is 2. The zero-order valence-corrected chi connectivity index (χ0v) is 15.6. The summed E-state index contributed by atoms with van der Waals surface area (Å²) in [4.78, 5) is 23.8. The Morgan fingerprint density at radius 3 is 2.67 bits per heavy atom. The van der Waals surface area contributed by atoms with E-state index in [2.05, 4.69) is 26.4 Å². The number of aryl methyl sites for hydroxylation is 1. The third kappa shape index (κ3) is 3.43. The van der Waals surface area contributed by atoms with Crippen LogP contribution in [0.25, 0.3) is 0 Å². The van der Waals surface area contributed by atoms with Gasteiger partial charge in [0, 0.05) is 5.56 Å². The number of amides is 2. The fourth-order valence-electron chi connectivity index (χ4n) is 2.91. The Hall–Kier alpha value is -3.13. The maximum Gasteiger partial charge on any atom is 0.299 e. The van der Waals surface area contributed by atoms with Gasteiger partial charge in [-0.25, -0.2) is 5.43 Å². The highest BCUT2D eigenvalue weighted by molar-refractivity contribution is 8.14. The number of hydrogen-bond donors (Lipinski definition) is 3. The number of anilines is 2. The molecule has 136 valence electrons. The number of carbonyl (C=O) groups is 2. The van der Waals surface area contributed by atoms with Crippen molar-refractivity contribution < 1.29 is 9.59 Å². The molecule has 2 aromatic rings. The number of thioether (sulfide) groups is 1. The van der Waals surface area contributed by atoms with Gasteiger partial charge in [-0.15, -0.1) is 0 Å². The van der Waals surface area contributed by atoms with Crippen molar-refractivity contribution in [3.63, 3.8) is 0 Å². The number of benzene rings is 2. The molecule has 27 heavy (non-hydrogen) atoms. The number of fused-ring (bicyclic) bond motifs is 1. The van der Waals surface area contributed by atoms with Gasteiger partial charge < -0.3 is 5.32 Å². The zero-order chi connectivity index (χ0) is 19.0. The number of nitrogens with one attached hydrogen (secondary N) is 3. The molecule has 1 unspecified atom stereocenters. The van der Waals surface area contributed by atoms with Crippen LogP contribution in [0.1, 0.15) is 23.6 Å². The van der Waals surface area contributed by atoms with Gasteiger partial charge in [0.2, 0.25) is 0 Å². The number of carbonyl (C=O) groups excluding carboxylic acids is 2. The van der Waals surface area contributed by atoms with Crippen LogP contribution in [0.4, 0.5) is 16.2 Å². The SMILES string of the molecule is Cc1ccc(NN=C2C(=O)Nc3ccc(C4=NNC(=O)SC4C)cc32)cc1. The van der Waals surface area contributed by atoms with Crippen molar-refractivity contribution in [2.24, 2.45) is 10.2 Å². The maximum absolute atomic E-state index is 12.3. The molecule has 0 aromatic heterocycles. The molecule has 0 saturated heterocycles. The summed E-state index contributed by atoms with van der Waals surface area (Å²) in [5.41, 5.74) is 10.7. The molecule has 2 aliphatic rings. The fraction of sp³-hybridized carbons (Fsp3) is 0.158. The summed E-state index contributed by atoms with van der Waals surface area (Å²) < 4.78 is 0. The van der Waals surface area contributed by atoms with Crippen LogP contribution >= 0.6 is 11.8 Å². The van der Waals surface area contributed by atoms with Crippen molar-refractivity contribution in [1.29, 1.82) is 0 Å². The van der Waals surface area contributed by atoms with Crippen molar-refractivity contribution in [3.05, 3.63) is 59.2 Å². The minimum atomic E-state index is -0.261. The first-order chi connectivity index (χ1) is 13.0. The lowest BCUT2D eigenvalue weighted by Crippen LogP contribution is -2.29. The molecule has 0 aliphatic carbocycles. The second-order valence-electron chi connectivity index (χ2n) is 6.31. The first kappa shape index (κ1) is 17.3. The molecule has 0 bridgehead atoms. The highest BCUT2D eigenvalue weighted by Gasteiger charge is 2.29. The lowest BCUT2D eigenvalue weighted by molar-refractivity contribution is -0.110. The molecule has 2 heterocycles. The predicted octanol–water partition coefficient (Wildman–Crippen LogP) is 3.31. The van der Waals surface area contributed by atoms with Gasteiger partial charge >= 0.3 is 0 Å². The Morgan fingerprint density at radius 1 is 1.15 bits per heavy atom. The Morgan fingerprint density at radius 2 is 1.93 bits per heavy atom. The van der Waals surface area contributed by atoms with Crippen LogP contribution in [0.2, 0.25) is 0 Å². The lowest BCUT2D eigenvalue weighted by atomic mass is 10.0. The average molecular weight is 379 g/mol. The minimum absolute atomic E-state index is 0.0760. The standard InChI is InChI=1S/C19H17N5O2S/c1-10-3-6-13(7-4-10)21-23-17-14-9-12(5-8-15(14)20-18(17)25)16-11(2)27-19(26)24-22-16/h3-9,11,21H,1-2H3,(H,24,26)(H,20,23,25). The molecule has 0 saturated carbocycles. The van der Waals surface area contributed by atoms with Crippen LogP contribution in [0, 0.1) is 6.92 Å². The molecule has 4 rings (SSSR count). The van der Waals surface area contributed by atoms with E-state index < -0.39 is 0 Å². The molecule has 0 spiro atoms. The highest BCUT2D eigenvalue weighted by atomic mass is 32.2. The largest absolute Gasteiger partial charge is 0.320 e. The summed E-state index contributed by atoms with van der Waals surface area (Å²) >= 11 is 1.18. The third-order valence-electron chi connectivity index (χ3n) is 4.32. The van der Waals surface area contributed by atoms with Crippen LogP contribution in [0.5, 0.6) is 0 Å². The van der Waals surface area contributed by atoms with Gasteiger partial charge in [0.15, 0.2) is 5.71 Å². The summed E-state index contributed by atoms with van der Waals surface area (Å²) in [5.74, 6) is -0.261. The third-order valence-corrected chi connectivity index (χ3v) is 5.20. The average Bonchev–Trinajstić information content (AvgIpc) is 2.96. The van der Waals surface area contributed by atoms with Crippen molar-refractivity contribution in [2.45, 2.75) is 19.1 Å². The molecule has 8 heteroatoms. The van der Waals surface area contributed by atoms with Crippen LogP contribution in [-0.2, 0) is 4.79 Å². The Kier molecular flexibility index (Phi) is 4.41. The van der Waals surface area contributed by atoms with Gasteiger partial charge in [0.05, 0.1) is 22.3 Å². The molecule has 2 amide bonds. The fourth-order valence-corrected chi connectivity index (χ4v) is 3.63. The van der Waals surface area contributed by atoms with Crippen LogP contribution in [0.15, 0.2) is 52.7 Å². The van der Waals surface area contributed by atoms with E-state index in [1.54, 1.807) is 0 Å². The molecule has 2 aromatic carbocycles. The van der Waals surface area contributed by atoms with Crippen LogP contribution in [-0.4, -0.2) is 27.8 Å². The zero-order valence-electron chi connectivity index (χ0n) is 14.7. The van der Waals surface area contributed by atoms with E-state index >= 15 is 0 Å². The van der Waals surface area contributed by atoms with Gasteiger partial charge in [0.1, 0.15) is 0 Å². The topological polar surface area (TPSA) is 94.9 Å². The first-order valence-electron chi connectivity index (χ1n) is 8.42. The van der Waals surface area contributed by atoms with E-state index in [-0.39, 0.29) is 16.4 Å². The first-order valence-corrected chi connectivity index (χ1v) is 9.30. The monoisotopic (exact) mass is 379 g/mol. The van der Waals surface area contributed by atoms with E-state index in [0.717, 1.165) is 22.5 Å². The summed E-state index contributed by atoms with van der Waals surface area (Å²) in [6.07, 6.45) is 0. The van der Waals surface area contributed by atoms with Crippen molar-refractivity contribution >= 4 is 45.7 Å². The lowest BCUT2D eigenvalue weighted by Gasteiger charge is -2.18.